The van der Waals surface area contributed by atoms with Crippen molar-refractivity contribution in [1.29, 1.82) is 0 Å². The van der Waals surface area contributed by atoms with Crippen LogP contribution in [-0.2, 0) is 9.63 Å². The first-order valence-electron chi connectivity index (χ1n) is 6.58. The maximum atomic E-state index is 10.6. The lowest BCUT2D eigenvalue weighted by atomic mass is 10.1. The molecule has 2 saturated carbocycles. The second-order valence-electron chi connectivity index (χ2n) is 5.85. The molecule has 5 nitrogen and oxygen atoms in total. The number of aliphatic carboxylic acids is 1. The van der Waals surface area contributed by atoms with Crippen molar-refractivity contribution in [3.63, 3.8) is 0 Å². The number of alkyl halides is 3. The van der Waals surface area contributed by atoms with Gasteiger partial charge >= 0.3 is 12.1 Å². The van der Waals surface area contributed by atoms with E-state index in [1.807, 2.05) is 0 Å². The lowest BCUT2D eigenvalue weighted by Crippen LogP contribution is -2.21. The summed E-state index contributed by atoms with van der Waals surface area (Å²) in [6, 6.07) is 0. The Bertz CT molecular complexity index is 449. The molecule has 112 valence electrons. The first kappa shape index (κ1) is 13.7. The molecule has 8 heteroatoms. The quantitative estimate of drug-likeness (QED) is 0.766. The average molecular weight is 292 g/mol. The van der Waals surface area contributed by atoms with Crippen LogP contribution in [0.3, 0.4) is 0 Å². The molecule has 0 radical (unpaired) electrons. The van der Waals surface area contributed by atoms with Gasteiger partial charge in [0.15, 0.2) is 0 Å². The van der Waals surface area contributed by atoms with E-state index in [0.29, 0.717) is 0 Å². The third kappa shape index (κ3) is 2.48. The number of hydrogen-bond acceptors (Lipinski definition) is 4. The average Bonchev–Trinajstić information content (AvgIpc) is 3.13. The molecule has 0 amide bonds. The molecule has 0 bridgehead atoms. The predicted octanol–water partition coefficient (Wildman–Crippen LogP) is 1.39. The molecule has 2 aliphatic carbocycles. The molecule has 4 aliphatic rings. The molecular formula is C12H15F3N2O3. The minimum atomic E-state index is -5.08. The Kier molecular flexibility index (Phi) is 2.97. The summed E-state index contributed by atoms with van der Waals surface area (Å²) in [6.45, 7) is 2.42. The predicted molar refractivity (Wildman–Crippen MR) is 62.1 cm³/mol. The van der Waals surface area contributed by atoms with Gasteiger partial charge in [0.1, 0.15) is 5.60 Å². The van der Waals surface area contributed by atoms with E-state index in [9.17, 15) is 13.2 Å². The number of oxime groups is 1. The third-order valence-corrected chi connectivity index (χ3v) is 4.39. The fourth-order valence-electron chi connectivity index (χ4n) is 3.05. The summed E-state index contributed by atoms with van der Waals surface area (Å²) in [5, 5.41) is 14.8. The van der Waals surface area contributed by atoms with Gasteiger partial charge in [-0.25, -0.2) is 4.79 Å². The molecular weight excluding hydrogens is 277 g/mol. The summed E-state index contributed by atoms with van der Waals surface area (Å²) in [5.41, 5.74) is 1.59. The van der Waals surface area contributed by atoms with Crippen LogP contribution in [0, 0.1) is 17.8 Å². The highest BCUT2D eigenvalue weighted by Crippen LogP contribution is 2.55. The monoisotopic (exact) mass is 292 g/mol. The zero-order chi connectivity index (χ0) is 14.5. The van der Waals surface area contributed by atoms with Crippen LogP contribution < -0.4 is 5.32 Å². The fraction of sp³-hybridized carbons (Fsp3) is 0.833. The van der Waals surface area contributed by atoms with Crippen molar-refractivity contribution in [2.45, 2.75) is 31.0 Å². The van der Waals surface area contributed by atoms with Gasteiger partial charge in [-0.1, -0.05) is 5.16 Å². The zero-order valence-electron chi connectivity index (χ0n) is 10.6. The van der Waals surface area contributed by atoms with Gasteiger partial charge in [-0.15, -0.1) is 0 Å². The highest BCUT2D eigenvalue weighted by atomic mass is 19.4. The van der Waals surface area contributed by atoms with E-state index in [-0.39, 0.29) is 5.60 Å². The van der Waals surface area contributed by atoms with Gasteiger partial charge in [0.2, 0.25) is 0 Å². The SMILES string of the molecule is C1NC[C@H]2C(C3=NOC4(CC4)C3)[C@@H]12.O=C(O)C(F)(F)F. The smallest absolute Gasteiger partial charge is 0.475 e. The number of carbonyl (C=O) groups is 1. The molecule has 4 rings (SSSR count). The molecule has 2 N–H and O–H groups in total. The number of nitrogens with one attached hydrogen (secondary N) is 1. The summed E-state index contributed by atoms with van der Waals surface area (Å²) in [4.78, 5) is 14.4. The van der Waals surface area contributed by atoms with Crippen molar-refractivity contribution in [2.75, 3.05) is 13.1 Å². The standard InChI is InChI=1S/C10H14N2O.C2HF3O2/c1-2-10(1)3-8(12-13-10)9-6-4-11-5-7(6)9;3-2(4,5)1(6)7/h6-7,9,11H,1-5H2;(H,6,7)/t6-,7+,9?;. The minimum Gasteiger partial charge on any atom is -0.475 e. The van der Waals surface area contributed by atoms with E-state index in [0.717, 1.165) is 24.2 Å². The van der Waals surface area contributed by atoms with Crippen LogP contribution in [0.1, 0.15) is 19.3 Å². The molecule has 0 aromatic carbocycles. The van der Waals surface area contributed by atoms with Crippen molar-refractivity contribution in [3.05, 3.63) is 0 Å². The van der Waals surface area contributed by atoms with Crippen LogP contribution in [0.25, 0.3) is 0 Å². The van der Waals surface area contributed by atoms with E-state index in [1.165, 1.54) is 31.6 Å². The molecule has 1 unspecified atom stereocenters. The van der Waals surface area contributed by atoms with Crippen LogP contribution in [-0.4, -0.2) is 41.7 Å². The van der Waals surface area contributed by atoms with E-state index < -0.39 is 12.1 Å². The van der Waals surface area contributed by atoms with Gasteiger partial charge in [0, 0.05) is 12.3 Å². The summed E-state index contributed by atoms with van der Waals surface area (Å²) in [7, 11) is 0. The number of hydrogen-bond donors (Lipinski definition) is 2. The molecule has 3 atom stereocenters. The van der Waals surface area contributed by atoms with Gasteiger partial charge < -0.3 is 15.3 Å². The van der Waals surface area contributed by atoms with Crippen LogP contribution in [0.5, 0.6) is 0 Å². The Balaban J connectivity index is 0.000000151. The van der Waals surface area contributed by atoms with E-state index in [1.54, 1.807) is 0 Å². The second-order valence-corrected chi connectivity index (χ2v) is 5.85. The Labute approximate surface area is 113 Å². The molecule has 20 heavy (non-hydrogen) atoms. The van der Waals surface area contributed by atoms with Crippen molar-refractivity contribution in [2.24, 2.45) is 22.9 Å². The Morgan fingerprint density at radius 1 is 1.35 bits per heavy atom. The third-order valence-electron chi connectivity index (χ3n) is 4.39. The highest BCUT2D eigenvalue weighted by Gasteiger charge is 2.60. The zero-order valence-corrected chi connectivity index (χ0v) is 10.6. The molecule has 2 aliphatic heterocycles. The number of carboxylic acids is 1. The van der Waals surface area contributed by atoms with Gasteiger partial charge in [-0.3, -0.25) is 0 Å². The minimum absolute atomic E-state index is 0.208. The van der Waals surface area contributed by atoms with E-state index >= 15 is 0 Å². The van der Waals surface area contributed by atoms with Crippen LogP contribution in [0.2, 0.25) is 0 Å². The second kappa shape index (κ2) is 4.34. The highest BCUT2D eigenvalue weighted by molar-refractivity contribution is 5.91. The van der Waals surface area contributed by atoms with Crippen LogP contribution >= 0.6 is 0 Å². The first-order valence-corrected chi connectivity index (χ1v) is 6.58. The number of carboxylic acid groups (broad SMARTS) is 1. The number of halogens is 3. The molecule has 1 saturated heterocycles. The van der Waals surface area contributed by atoms with Gasteiger partial charge in [0.05, 0.1) is 5.71 Å². The van der Waals surface area contributed by atoms with E-state index in [4.69, 9.17) is 14.7 Å². The topological polar surface area (TPSA) is 70.9 Å². The van der Waals surface area contributed by atoms with Gasteiger partial charge in [-0.05, 0) is 37.8 Å². The summed E-state index contributed by atoms with van der Waals surface area (Å²) < 4.78 is 31.7. The number of piperidine rings is 1. The molecule has 0 aromatic heterocycles. The maximum absolute atomic E-state index is 10.6. The lowest BCUT2D eigenvalue weighted by Gasteiger charge is -2.03. The maximum Gasteiger partial charge on any atom is 0.490 e. The number of nitrogens with zero attached hydrogens (tertiary/aromatic N) is 1. The summed E-state index contributed by atoms with van der Waals surface area (Å²) >= 11 is 0. The Morgan fingerprint density at radius 3 is 2.30 bits per heavy atom. The van der Waals surface area contributed by atoms with Crippen molar-refractivity contribution >= 4 is 11.7 Å². The van der Waals surface area contributed by atoms with Crippen LogP contribution in [0.15, 0.2) is 5.16 Å². The molecule has 2 heterocycles. The van der Waals surface area contributed by atoms with Crippen LogP contribution in [0.4, 0.5) is 13.2 Å². The van der Waals surface area contributed by atoms with Crippen molar-refractivity contribution in [3.8, 4) is 0 Å². The lowest BCUT2D eigenvalue weighted by molar-refractivity contribution is -0.192. The number of fused-ring (bicyclic) bond motifs is 1. The molecule has 1 spiro atoms. The Morgan fingerprint density at radius 2 is 1.90 bits per heavy atom. The fourth-order valence-corrected chi connectivity index (χ4v) is 3.05. The first-order chi connectivity index (χ1) is 9.32. The van der Waals surface area contributed by atoms with E-state index in [2.05, 4.69) is 10.5 Å². The van der Waals surface area contributed by atoms with Gasteiger partial charge in [-0.2, -0.15) is 13.2 Å². The van der Waals surface area contributed by atoms with Crippen molar-refractivity contribution < 1.29 is 27.9 Å². The largest absolute Gasteiger partial charge is 0.490 e. The summed E-state index contributed by atoms with van der Waals surface area (Å²) in [6.07, 6.45) is -1.47. The number of rotatable bonds is 1. The van der Waals surface area contributed by atoms with Gasteiger partial charge in [0.25, 0.3) is 0 Å². The van der Waals surface area contributed by atoms with Crippen molar-refractivity contribution in [1.82, 2.24) is 5.32 Å². The normalized spacial score (nSPS) is 35.5. The Hall–Kier alpha value is -1.31. The molecule has 0 aromatic rings. The summed E-state index contributed by atoms with van der Waals surface area (Å²) in [5.74, 6) is -0.166. The molecule has 3 fully saturated rings.